The van der Waals surface area contributed by atoms with Gasteiger partial charge in [0.25, 0.3) is 5.91 Å². The molecule has 0 unspecified atom stereocenters. The summed E-state index contributed by atoms with van der Waals surface area (Å²) in [5.74, 6) is 0.479. The third-order valence-corrected chi connectivity index (χ3v) is 4.58. The van der Waals surface area contributed by atoms with Crippen molar-refractivity contribution in [3.63, 3.8) is 0 Å². The fraction of sp³-hybridized carbons (Fsp3) is 0.100. The van der Waals surface area contributed by atoms with E-state index >= 15 is 0 Å². The van der Waals surface area contributed by atoms with Gasteiger partial charge in [0.2, 0.25) is 11.8 Å². The molecule has 0 aliphatic carbocycles. The van der Waals surface area contributed by atoms with Crippen molar-refractivity contribution in [1.29, 1.82) is 0 Å². The molecule has 1 aromatic heterocycles. The van der Waals surface area contributed by atoms with Gasteiger partial charge in [-0.05, 0) is 24.3 Å². The molecule has 3 aromatic rings. The number of carbonyl (C=O) groups is 1. The fourth-order valence-electron chi connectivity index (χ4n) is 2.32. The molecule has 0 saturated carbocycles. The summed E-state index contributed by atoms with van der Waals surface area (Å²) in [4.78, 5) is 20.5. The van der Waals surface area contributed by atoms with Crippen molar-refractivity contribution in [3.8, 4) is 23.5 Å². The van der Waals surface area contributed by atoms with Crippen molar-refractivity contribution in [2.24, 2.45) is 5.10 Å². The van der Waals surface area contributed by atoms with Crippen molar-refractivity contribution < 1.29 is 19.0 Å². The lowest BCUT2D eigenvalue weighted by Crippen LogP contribution is -2.18. The average molecular weight is 447 g/mol. The zero-order chi connectivity index (χ0) is 21.5. The van der Waals surface area contributed by atoms with Crippen molar-refractivity contribution in [2.45, 2.75) is 0 Å². The lowest BCUT2D eigenvalue weighted by Gasteiger charge is -2.09. The minimum atomic E-state index is -0.502. The number of nitrogens with zero attached hydrogens (tertiary/aromatic N) is 3. The number of rotatable bonds is 7. The van der Waals surface area contributed by atoms with Gasteiger partial charge in [-0.2, -0.15) is 15.1 Å². The van der Waals surface area contributed by atoms with E-state index in [9.17, 15) is 4.79 Å². The zero-order valence-corrected chi connectivity index (χ0v) is 17.4. The molecule has 154 valence electrons. The maximum Gasteiger partial charge on any atom is 0.328 e. The Labute approximate surface area is 182 Å². The highest BCUT2D eigenvalue weighted by molar-refractivity contribution is 6.43. The number of carbonyl (C=O) groups excluding carboxylic acids is 1. The van der Waals surface area contributed by atoms with Gasteiger partial charge in [-0.25, -0.2) is 5.43 Å². The Morgan fingerprint density at radius 1 is 1.03 bits per heavy atom. The molecule has 0 fully saturated rings. The van der Waals surface area contributed by atoms with Crippen molar-refractivity contribution in [1.82, 2.24) is 15.4 Å². The largest absolute Gasteiger partial charge is 0.481 e. The monoisotopic (exact) mass is 446 g/mol. The van der Waals surface area contributed by atoms with Crippen molar-refractivity contribution in [2.75, 3.05) is 14.2 Å². The van der Waals surface area contributed by atoms with E-state index in [1.165, 1.54) is 26.5 Å². The molecule has 10 heteroatoms. The molecular weight excluding hydrogens is 431 g/mol. The maximum atomic E-state index is 12.3. The first-order valence-electron chi connectivity index (χ1n) is 8.53. The summed E-state index contributed by atoms with van der Waals surface area (Å²) in [5.41, 5.74) is 3.18. The quantitative estimate of drug-likeness (QED) is 0.427. The number of hydrazone groups is 1. The molecule has 0 radical (unpaired) electrons. The Kier molecular flexibility index (Phi) is 7.05. The minimum absolute atomic E-state index is 0.0294. The number of para-hydroxylation sites is 1. The van der Waals surface area contributed by atoms with E-state index in [4.69, 9.17) is 37.4 Å². The van der Waals surface area contributed by atoms with Crippen LogP contribution in [0.2, 0.25) is 10.0 Å². The molecule has 8 nitrogen and oxygen atoms in total. The summed E-state index contributed by atoms with van der Waals surface area (Å²) < 4.78 is 16.0. The van der Waals surface area contributed by atoms with Gasteiger partial charge in [-0.3, -0.25) is 4.79 Å². The van der Waals surface area contributed by atoms with Gasteiger partial charge >= 0.3 is 6.01 Å². The smallest absolute Gasteiger partial charge is 0.328 e. The first-order valence-corrected chi connectivity index (χ1v) is 9.28. The van der Waals surface area contributed by atoms with Crippen LogP contribution in [0.4, 0.5) is 0 Å². The second-order valence-corrected chi connectivity index (χ2v) is 6.46. The van der Waals surface area contributed by atoms with Crippen LogP contribution in [0.15, 0.2) is 53.6 Å². The van der Waals surface area contributed by atoms with Crippen LogP contribution >= 0.6 is 23.2 Å². The molecule has 0 spiro atoms. The number of hydrogen-bond donors (Lipinski definition) is 1. The molecule has 0 aliphatic rings. The lowest BCUT2D eigenvalue weighted by molar-refractivity contribution is 0.0955. The summed E-state index contributed by atoms with van der Waals surface area (Å²) in [7, 11) is 2.95. The van der Waals surface area contributed by atoms with Crippen LogP contribution in [-0.4, -0.2) is 36.3 Å². The van der Waals surface area contributed by atoms with Gasteiger partial charge in [-0.1, -0.05) is 41.4 Å². The zero-order valence-electron chi connectivity index (χ0n) is 15.9. The molecule has 0 aliphatic heterocycles. The highest BCUT2D eigenvalue weighted by Gasteiger charge is 2.12. The highest BCUT2D eigenvalue weighted by Crippen LogP contribution is 2.26. The van der Waals surface area contributed by atoms with Crippen LogP contribution in [0.3, 0.4) is 0 Å². The highest BCUT2D eigenvalue weighted by atomic mass is 35.5. The number of ether oxygens (including phenoxy) is 3. The number of nitrogens with one attached hydrogen (secondary N) is 1. The Morgan fingerprint density at radius 3 is 2.43 bits per heavy atom. The van der Waals surface area contributed by atoms with E-state index < -0.39 is 5.91 Å². The molecule has 3 rings (SSSR count). The molecule has 1 heterocycles. The van der Waals surface area contributed by atoms with Gasteiger partial charge in [0.15, 0.2) is 0 Å². The van der Waals surface area contributed by atoms with Crippen LogP contribution in [0, 0.1) is 0 Å². The second-order valence-electron chi connectivity index (χ2n) is 5.68. The van der Waals surface area contributed by atoms with E-state index in [0.717, 1.165) is 0 Å². The Balaban J connectivity index is 1.77. The molecule has 2 aromatic carbocycles. The molecule has 0 saturated heterocycles. The average Bonchev–Trinajstić information content (AvgIpc) is 2.76. The van der Waals surface area contributed by atoms with Gasteiger partial charge in [-0.15, -0.1) is 0 Å². The van der Waals surface area contributed by atoms with E-state index in [0.29, 0.717) is 11.3 Å². The van der Waals surface area contributed by atoms with Crippen molar-refractivity contribution in [3.05, 3.63) is 69.7 Å². The minimum Gasteiger partial charge on any atom is -0.481 e. The normalized spacial score (nSPS) is 10.7. The Bertz CT molecular complexity index is 1070. The molecule has 30 heavy (non-hydrogen) atoms. The number of halogens is 2. The number of amides is 1. The topological polar surface area (TPSA) is 94.9 Å². The van der Waals surface area contributed by atoms with Crippen LogP contribution in [0.5, 0.6) is 23.5 Å². The third-order valence-electron chi connectivity index (χ3n) is 3.76. The number of aromatic nitrogens is 2. The van der Waals surface area contributed by atoms with Gasteiger partial charge < -0.3 is 14.2 Å². The summed E-state index contributed by atoms with van der Waals surface area (Å²) in [6.07, 6.45) is 1.42. The predicted molar refractivity (Wildman–Crippen MR) is 113 cm³/mol. The number of hydrogen-bond acceptors (Lipinski definition) is 7. The summed E-state index contributed by atoms with van der Waals surface area (Å²) in [6, 6.07) is 13.3. The van der Waals surface area contributed by atoms with E-state index in [-0.39, 0.29) is 33.4 Å². The third kappa shape index (κ3) is 5.16. The van der Waals surface area contributed by atoms with Crippen LogP contribution in [0.25, 0.3) is 0 Å². The van der Waals surface area contributed by atoms with Crippen LogP contribution in [-0.2, 0) is 0 Å². The standard InChI is InChI=1S/C20H16Cl2N4O4/c1-28-16-10-17(29-2)25-20(24-16)30-15-9-4-3-6-12(15)11-23-26-19(27)13-7-5-8-14(21)18(13)22/h3-11H,1-2H3,(H,26,27)/b23-11+. The predicted octanol–water partition coefficient (Wildman–Crippen LogP) is 4.36. The summed E-state index contributed by atoms with van der Waals surface area (Å²) in [6.45, 7) is 0. The van der Waals surface area contributed by atoms with Crippen LogP contribution in [0.1, 0.15) is 15.9 Å². The van der Waals surface area contributed by atoms with Gasteiger partial charge in [0, 0.05) is 5.56 Å². The van der Waals surface area contributed by atoms with Crippen molar-refractivity contribution >= 4 is 35.3 Å². The van der Waals surface area contributed by atoms with Crippen LogP contribution < -0.4 is 19.6 Å². The number of methoxy groups -OCH3 is 2. The molecular formula is C20H16Cl2N4O4. The lowest BCUT2D eigenvalue weighted by atomic mass is 10.2. The SMILES string of the molecule is COc1cc(OC)nc(Oc2ccccc2/C=N/NC(=O)c2cccc(Cl)c2Cl)n1. The Morgan fingerprint density at radius 2 is 1.73 bits per heavy atom. The maximum absolute atomic E-state index is 12.3. The summed E-state index contributed by atoms with van der Waals surface area (Å²) >= 11 is 12.0. The van der Waals surface area contributed by atoms with E-state index in [1.807, 2.05) is 0 Å². The molecule has 0 atom stereocenters. The second kappa shape index (κ2) is 9.91. The summed E-state index contributed by atoms with van der Waals surface area (Å²) in [5, 5.41) is 4.39. The molecule has 0 bridgehead atoms. The Hall–Kier alpha value is -3.36. The molecule has 1 N–H and O–H groups in total. The van der Waals surface area contributed by atoms with E-state index in [2.05, 4.69) is 20.5 Å². The van der Waals surface area contributed by atoms with Gasteiger partial charge in [0.1, 0.15) is 5.75 Å². The molecule has 1 amide bonds. The fourth-order valence-corrected chi connectivity index (χ4v) is 2.70. The van der Waals surface area contributed by atoms with E-state index in [1.54, 1.807) is 42.5 Å². The first kappa shape index (κ1) is 21.4. The van der Waals surface area contributed by atoms with Gasteiger partial charge in [0.05, 0.1) is 42.1 Å². The number of benzene rings is 2. The first-order chi connectivity index (χ1) is 14.5.